The maximum atomic E-state index is 10.7. The van der Waals surface area contributed by atoms with Gasteiger partial charge in [-0.3, -0.25) is 0 Å². The Morgan fingerprint density at radius 3 is 2.69 bits per heavy atom. The van der Waals surface area contributed by atoms with Crippen molar-refractivity contribution in [2.24, 2.45) is 5.73 Å². The Balaban J connectivity index is 2.68. The number of amides is 1. The monoisotopic (exact) mass is 188 g/mol. The summed E-state index contributed by atoms with van der Waals surface area (Å²) in [6.07, 6.45) is -0.335. The van der Waals surface area contributed by atoms with Crippen molar-refractivity contribution in [2.75, 3.05) is 6.54 Å². The summed E-state index contributed by atoms with van der Waals surface area (Å²) in [6.45, 7) is 1.95. The van der Waals surface area contributed by atoms with Gasteiger partial charge in [0.1, 0.15) is 0 Å². The summed E-state index contributed by atoms with van der Waals surface area (Å²) in [6, 6.07) is -0.354. The summed E-state index contributed by atoms with van der Waals surface area (Å²) in [4.78, 5) is 12.0. The number of likely N-dealkylation sites (tertiary alicyclic amines) is 1. The van der Waals surface area contributed by atoms with E-state index in [1.165, 1.54) is 4.90 Å². The minimum absolute atomic E-state index is 0.0549. The molecule has 0 unspecified atom stereocenters. The molecule has 1 rings (SSSR count). The Morgan fingerprint density at radius 1 is 1.54 bits per heavy atom. The Hall–Kier alpha value is -0.810. The molecule has 0 aliphatic carbocycles. The molecule has 1 fully saturated rings. The fraction of sp³-hybridized carbons (Fsp3) is 0.875. The van der Waals surface area contributed by atoms with Gasteiger partial charge in [-0.25, -0.2) is 4.79 Å². The van der Waals surface area contributed by atoms with E-state index in [9.17, 15) is 9.90 Å². The third-order valence-electron chi connectivity index (χ3n) is 2.57. The van der Waals surface area contributed by atoms with Crippen molar-refractivity contribution in [3.8, 4) is 0 Å². The van der Waals surface area contributed by atoms with Crippen LogP contribution in [0.5, 0.6) is 0 Å². The smallest absolute Gasteiger partial charge is 0.407 e. The molecule has 1 amide bonds. The van der Waals surface area contributed by atoms with Crippen LogP contribution in [0.3, 0.4) is 0 Å². The van der Waals surface area contributed by atoms with Crippen LogP contribution in [-0.4, -0.2) is 45.9 Å². The highest BCUT2D eigenvalue weighted by Crippen LogP contribution is 2.16. The molecule has 5 heteroatoms. The van der Waals surface area contributed by atoms with Crippen LogP contribution >= 0.6 is 0 Å². The van der Waals surface area contributed by atoms with Crippen LogP contribution in [0.1, 0.15) is 19.8 Å². The van der Waals surface area contributed by atoms with Crippen LogP contribution < -0.4 is 5.73 Å². The first-order valence-electron chi connectivity index (χ1n) is 4.45. The van der Waals surface area contributed by atoms with Crippen molar-refractivity contribution < 1.29 is 15.0 Å². The first-order valence-corrected chi connectivity index (χ1v) is 4.45. The Kier molecular flexibility index (Phi) is 3.11. The zero-order valence-electron chi connectivity index (χ0n) is 7.68. The molecule has 0 radical (unpaired) electrons. The lowest BCUT2D eigenvalue weighted by atomic mass is 10.1. The second-order valence-electron chi connectivity index (χ2n) is 3.59. The van der Waals surface area contributed by atoms with E-state index in [-0.39, 0.29) is 18.6 Å². The maximum absolute atomic E-state index is 10.7. The highest BCUT2D eigenvalue weighted by Gasteiger charge is 2.29. The van der Waals surface area contributed by atoms with E-state index in [2.05, 4.69) is 0 Å². The third kappa shape index (κ3) is 2.32. The predicted octanol–water partition coefficient (Wildman–Crippen LogP) is -0.163. The third-order valence-corrected chi connectivity index (χ3v) is 2.57. The molecule has 0 aromatic heterocycles. The normalized spacial score (nSPS) is 35.6. The molecule has 4 N–H and O–H groups in total. The first-order chi connectivity index (χ1) is 6.02. The Morgan fingerprint density at radius 2 is 2.15 bits per heavy atom. The number of nitrogens with two attached hydrogens (primary N) is 1. The van der Waals surface area contributed by atoms with E-state index in [1.807, 2.05) is 6.92 Å². The summed E-state index contributed by atoms with van der Waals surface area (Å²) in [7, 11) is 0. The van der Waals surface area contributed by atoms with Crippen LogP contribution in [0.25, 0.3) is 0 Å². The SMILES string of the molecule is C[C@@H]1CC[C@H](N)[C@@H](O)CN1C(=O)O. The number of hydrogen-bond acceptors (Lipinski definition) is 3. The van der Waals surface area contributed by atoms with E-state index in [4.69, 9.17) is 10.8 Å². The van der Waals surface area contributed by atoms with E-state index >= 15 is 0 Å². The molecule has 1 heterocycles. The van der Waals surface area contributed by atoms with Crippen LogP contribution in [0.4, 0.5) is 4.79 Å². The van der Waals surface area contributed by atoms with Crippen molar-refractivity contribution in [3.63, 3.8) is 0 Å². The van der Waals surface area contributed by atoms with Crippen LogP contribution in [0, 0.1) is 0 Å². The lowest BCUT2D eigenvalue weighted by molar-refractivity contribution is 0.0833. The standard InChI is InChI=1S/C8H16N2O3/c1-5-2-3-6(9)7(11)4-10(5)8(12)13/h5-7,11H,2-4,9H2,1H3,(H,12,13)/t5-,6+,7+/m1/s1. The lowest BCUT2D eigenvalue weighted by Gasteiger charge is -2.25. The molecule has 1 aliphatic heterocycles. The Bertz CT molecular complexity index is 198. The predicted molar refractivity (Wildman–Crippen MR) is 47.4 cm³/mol. The molecule has 0 aromatic carbocycles. The van der Waals surface area contributed by atoms with Crippen molar-refractivity contribution in [1.82, 2.24) is 4.90 Å². The van der Waals surface area contributed by atoms with Gasteiger partial charge in [-0.05, 0) is 19.8 Å². The fourth-order valence-electron chi connectivity index (χ4n) is 1.57. The number of aliphatic hydroxyl groups is 1. The molecule has 1 aliphatic rings. The first kappa shape index (κ1) is 10.3. The molecule has 0 spiro atoms. The van der Waals surface area contributed by atoms with Gasteiger partial charge in [-0.1, -0.05) is 0 Å². The highest BCUT2D eigenvalue weighted by molar-refractivity contribution is 5.65. The summed E-state index contributed by atoms with van der Waals surface area (Å²) >= 11 is 0. The molecule has 0 bridgehead atoms. The van der Waals surface area contributed by atoms with Gasteiger partial charge in [-0.2, -0.15) is 0 Å². The van der Waals surface area contributed by atoms with Crippen molar-refractivity contribution in [1.29, 1.82) is 0 Å². The molecule has 0 saturated carbocycles. The van der Waals surface area contributed by atoms with Gasteiger partial charge in [0, 0.05) is 12.1 Å². The van der Waals surface area contributed by atoms with Crippen molar-refractivity contribution in [3.05, 3.63) is 0 Å². The van der Waals surface area contributed by atoms with Gasteiger partial charge >= 0.3 is 6.09 Å². The second kappa shape index (κ2) is 3.93. The van der Waals surface area contributed by atoms with Gasteiger partial charge in [0.15, 0.2) is 0 Å². The van der Waals surface area contributed by atoms with E-state index in [1.54, 1.807) is 0 Å². The zero-order chi connectivity index (χ0) is 10.0. The van der Waals surface area contributed by atoms with E-state index in [0.29, 0.717) is 12.8 Å². The van der Waals surface area contributed by atoms with Crippen molar-refractivity contribution in [2.45, 2.75) is 38.0 Å². The number of aliphatic hydroxyl groups excluding tert-OH is 1. The van der Waals surface area contributed by atoms with Gasteiger partial charge in [0.2, 0.25) is 0 Å². The minimum Gasteiger partial charge on any atom is -0.465 e. The number of carbonyl (C=O) groups is 1. The van der Waals surface area contributed by atoms with Crippen LogP contribution in [0.2, 0.25) is 0 Å². The number of hydrogen-bond donors (Lipinski definition) is 3. The highest BCUT2D eigenvalue weighted by atomic mass is 16.4. The van der Waals surface area contributed by atoms with E-state index < -0.39 is 12.2 Å². The van der Waals surface area contributed by atoms with Crippen LogP contribution in [-0.2, 0) is 0 Å². The number of carboxylic acid groups (broad SMARTS) is 1. The van der Waals surface area contributed by atoms with Gasteiger partial charge in [0.05, 0.1) is 12.6 Å². The summed E-state index contributed by atoms with van der Waals surface area (Å²) in [5, 5.41) is 18.3. The average Bonchev–Trinajstić information content (AvgIpc) is 2.18. The number of rotatable bonds is 0. The average molecular weight is 188 g/mol. The molecule has 76 valence electrons. The molecule has 3 atom stereocenters. The molecule has 13 heavy (non-hydrogen) atoms. The summed E-state index contributed by atoms with van der Waals surface area (Å²) in [5.41, 5.74) is 5.63. The molecular weight excluding hydrogens is 172 g/mol. The lowest BCUT2D eigenvalue weighted by Crippen LogP contribution is -2.44. The molecule has 0 aromatic rings. The second-order valence-corrected chi connectivity index (χ2v) is 3.59. The molecule has 5 nitrogen and oxygen atoms in total. The zero-order valence-corrected chi connectivity index (χ0v) is 7.68. The minimum atomic E-state index is -0.986. The molecular formula is C8H16N2O3. The Labute approximate surface area is 77.1 Å². The van der Waals surface area contributed by atoms with Gasteiger partial charge in [0.25, 0.3) is 0 Å². The van der Waals surface area contributed by atoms with E-state index in [0.717, 1.165) is 0 Å². The number of nitrogens with zero attached hydrogens (tertiary/aromatic N) is 1. The summed E-state index contributed by atoms with van der Waals surface area (Å²) < 4.78 is 0. The quantitative estimate of drug-likeness (QED) is 0.493. The van der Waals surface area contributed by atoms with Gasteiger partial charge < -0.3 is 20.8 Å². The van der Waals surface area contributed by atoms with Gasteiger partial charge in [-0.15, -0.1) is 0 Å². The largest absolute Gasteiger partial charge is 0.465 e. The number of β-amino-alcohol motifs (C(OH)–C–C–N with tert-alkyl or cyclic N) is 1. The fourth-order valence-corrected chi connectivity index (χ4v) is 1.57. The van der Waals surface area contributed by atoms with Crippen LogP contribution in [0.15, 0.2) is 0 Å². The summed E-state index contributed by atoms with van der Waals surface area (Å²) in [5.74, 6) is 0. The maximum Gasteiger partial charge on any atom is 0.407 e. The molecule has 1 saturated heterocycles. The topological polar surface area (TPSA) is 86.8 Å². The van der Waals surface area contributed by atoms with Crippen molar-refractivity contribution >= 4 is 6.09 Å².